The smallest absolute Gasteiger partial charge is 0.174 e. The second-order valence-electron chi connectivity index (χ2n) is 2.87. The fraction of sp³-hybridized carbons (Fsp3) is 0.333. The van der Waals surface area contributed by atoms with Gasteiger partial charge in [0.15, 0.2) is 12.8 Å². The number of hydrogen-bond donors (Lipinski definition) is 0. The lowest BCUT2D eigenvalue weighted by Crippen LogP contribution is -1.85. The summed E-state index contributed by atoms with van der Waals surface area (Å²) in [6.07, 6.45) is 2.85. The summed E-state index contributed by atoms with van der Waals surface area (Å²) < 4.78 is 10.1. The molecule has 0 saturated carbocycles. The molecule has 0 aliphatic carbocycles. The van der Waals surface area contributed by atoms with Crippen LogP contribution in [0.2, 0.25) is 0 Å². The third-order valence-corrected chi connectivity index (χ3v) is 1.75. The molecule has 4 heteroatoms. The van der Waals surface area contributed by atoms with Crippen LogP contribution in [0.1, 0.15) is 13.8 Å². The maximum Gasteiger partial charge on any atom is 0.174 e. The highest BCUT2D eigenvalue weighted by molar-refractivity contribution is 5.70. The molecule has 0 atom stereocenters. The second-order valence-corrected chi connectivity index (χ2v) is 2.87. The predicted octanol–water partition coefficient (Wildman–Crippen LogP) is 3.08. The van der Waals surface area contributed by atoms with Crippen molar-refractivity contribution in [3.8, 4) is 0 Å². The Balaban J connectivity index is 2.75. The average molecular weight is 220 g/mol. The van der Waals surface area contributed by atoms with Crippen molar-refractivity contribution in [1.82, 2.24) is 0 Å². The highest BCUT2D eigenvalue weighted by Crippen LogP contribution is 2.26. The van der Waals surface area contributed by atoms with Crippen molar-refractivity contribution in [2.75, 3.05) is 13.2 Å². The minimum absolute atomic E-state index is 0.605. The highest BCUT2D eigenvalue weighted by atomic mass is 16.5. The first-order valence-electron chi connectivity index (χ1n) is 5.25. The minimum Gasteiger partial charge on any atom is -0.483 e. The Morgan fingerprint density at radius 1 is 0.938 bits per heavy atom. The zero-order chi connectivity index (χ0) is 11.6. The molecule has 0 amide bonds. The summed E-state index contributed by atoms with van der Waals surface area (Å²) in [5, 5.41) is 0. The number of hydrogen-bond acceptors (Lipinski definition) is 4. The molecule has 1 aromatic carbocycles. The van der Waals surface area contributed by atoms with Crippen molar-refractivity contribution in [3.05, 3.63) is 24.3 Å². The quantitative estimate of drug-likeness (QED) is 0.546. The van der Waals surface area contributed by atoms with Crippen molar-refractivity contribution in [2.45, 2.75) is 13.8 Å². The molecule has 0 saturated heterocycles. The zero-order valence-corrected chi connectivity index (χ0v) is 9.59. The summed E-state index contributed by atoms with van der Waals surface area (Å²) in [7, 11) is 0. The van der Waals surface area contributed by atoms with E-state index in [1.165, 1.54) is 12.8 Å². The lowest BCUT2D eigenvalue weighted by atomic mass is 10.3. The molecule has 0 unspecified atom stereocenters. The molecule has 4 nitrogen and oxygen atoms in total. The zero-order valence-electron chi connectivity index (χ0n) is 9.59. The Labute approximate surface area is 95.6 Å². The van der Waals surface area contributed by atoms with E-state index in [1.807, 2.05) is 38.1 Å². The lowest BCUT2D eigenvalue weighted by Gasteiger charge is -1.99. The SMILES string of the molecule is CCOC=Nc1ccccc1N=COCC. The van der Waals surface area contributed by atoms with E-state index in [4.69, 9.17) is 9.47 Å². The van der Waals surface area contributed by atoms with Crippen LogP contribution in [-0.4, -0.2) is 26.0 Å². The summed E-state index contributed by atoms with van der Waals surface area (Å²) in [6.45, 7) is 5.03. The van der Waals surface area contributed by atoms with Crippen molar-refractivity contribution >= 4 is 24.2 Å². The summed E-state index contributed by atoms with van der Waals surface area (Å²) in [5.41, 5.74) is 1.51. The molecular formula is C12H16N2O2. The van der Waals surface area contributed by atoms with Crippen LogP contribution in [0.15, 0.2) is 34.3 Å². The van der Waals surface area contributed by atoms with Crippen LogP contribution >= 0.6 is 0 Å². The summed E-state index contributed by atoms with van der Waals surface area (Å²) in [6, 6.07) is 7.54. The van der Waals surface area contributed by atoms with Crippen LogP contribution in [0, 0.1) is 0 Å². The van der Waals surface area contributed by atoms with Crippen LogP contribution in [0.5, 0.6) is 0 Å². The number of ether oxygens (including phenoxy) is 2. The normalized spacial score (nSPS) is 11.1. The lowest BCUT2D eigenvalue weighted by molar-refractivity contribution is 0.343. The standard InChI is InChI=1S/C12H16N2O2/c1-3-15-9-13-11-7-5-6-8-12(11)14-10-16-4-2/h5-10H,3-4H2,1-2H3. The summed E-state index contributed by atoms with van der Waals surface area (Å²) in [5.74, 6) is 0. The molecule has 16 heavy (non-hydrogen) atoms. The van der Waals surface area contributed by atoms with Crippen LogP contribution in [-0.2, 0) is 9.47 Å². The van der Waals surface area contributed by atoms with Gasteiger partial charge in [-0.3, -0.25) is 0 Å². The topological polar surface area (TPSA) is 43.2 Å². The Morgan fingerprint density at radius 3 is 1.75 bits per heavy atom. The minimum atomic E-state index is 0.605. The van der Waals surface area contributed by atoms with Gasteiger partial charge in [-0.25, -0.2) is 9.98 Å². The Bertz CT molecular complexity index is 327. The molecule has 0 aliphatic rings. The van der Waals surface area contributed by atoms with Crippen LogP contribution < -0.4 is 0 Å². The first kappa shape index (κ1) is 12.2. The van der Waals surface area contributed by atoms with Gasteiger partial charge < -0.3 is 9.47 Å². The van der Waals surface area contributed by atoms with Gasteiger partial charge in [-0.1, -0.05) is 12.1 Å². The molecule has 1 aromatic rings. The molecule has 0 N–H and O–H groups in total. The molecule has 0 spiro atoms. The van der Waals surface area contributed by atoms with E-state index in [0.29, 0.717) is 13.2 Å². The fourth-order valence-corrected chi connectivity index (χ4v) is 1.02. The molecular weight excluding hydrogens is 204 g/mol. The number of benzene rings is 1. The van der Waals surface area contributed by atoms with Gasteiger partial charge in [0.2, 0.25) is 0 Å². The van der Waals surface area contributed by atoms with Gasteiger partial charge in [-0.2, -0.15) is 0 Å². The van der Waals surface area contributed by atoms with E-state index < -0.39 is 0 Å². The third kappa shape index (κ3) is 4.13. The van der Waals surface area contributed by atoms with E-state index in [9.17, 15) is 0 Å². The van der Waals surface area contributed by atoms with E-state index in [1.54, 1.807) is 0 Å². The number of rotatable bonds is 6. The third-order valence-electron chi connectivity index (χ3n) is 1.75. The van der Waals surface area contributed by atoms with Crippen molar-refractivity contribution < 1.29 is 9.47 Å². The molecule has 0 radical (unpaired) electrons. The second kappa shape index (κ2) is 7.45. The number of aliphatic imine (C=N–C) groups is 2. The van der Waals surface area contributed by atoms with Gasteiger partial charge >= 0.3 is 0 Å². The highest BCUT2D eigenvalue weighted by Gasteiger charge is 1.96. The molecule has 0 fully saturated rings. The van der Waals surface area contributed by atoms with Crippen LogP contribution in [0.25, 0.3) is 0 Å². The first-order valence-corrected chi connectivity index (χ1v) is 5.25. The first-order chi connectivity index (χ1) is 7.88. The summed E-state index contributed by atoms with van der Waals surface area (Å²) in [4.78, 5) is 8.32. The molecule has 0 bridgehead atoms. The average Bonchev–Trinajstić information content (AvgIpc) is 2.32. The maximum absolute atomic E-state index is 5.04. The largest absolute Gasteiger partial charge is 0.483 e. The van der Waals surface area contributed by atoms with Gasteiger partial charge in [0.05, 0.1) is 24.6 Å². The van der Waals surface area contributed by atoms with E-state index in [-0.39, 0.29) is 0 Å². The molecule has 0 aromatic heterocycles. The fourth-order valence-electron chi connectivity index (χ4n) is 1.02. The molecule has 86 valence electrons. The van der Waals surface area contributed by atoms with Gasteiger partial charge in [0.25, 0.3) is 0 Å². The Morgan fingerprint density at radius 2 is 1.38 bits per heavy atom. The maximum atomic E-state index is 5.04. The van der Waals surface area contributed by atoms with Crippen molar-refractivity contribution in [1.29, 1.82) is 0 Å². The van der Waals surface area contributed by atoms with E-state index in [2.05, 4.69) is 9.98 Å². The van der Waals surface area contributed by atoms with Crippen molar-refractivity contribution in [2.24, 2.45) is 9.98 Å². The summed E-state index contributed by atoms with van der Waals surface area (Å²) >= 11 is 0. The van der Waals surface area contributed by atoms with E-state index >= 15 is 0 Å². The van der Waals surface area contributed by atoms with Gasteiger partial charge in [-0.15, -0.1) is 0 Å². The van der Waals surface area contributed by atoms with Gasteiger partial charge in [0, 0.05) is 0 Å². The van der Waals surface area contributed by atoms with Gasteiger partial charge in [0.1, 0.15) is 0 Å². The van der Waals surface area contributed by atoms with Crippen LogP contribution in [0.4, 0.5) is 11.4 Å². The van der Waals surface area contributed by atoms with Gasteiger partial charge in [-0.05, 0) is 26.0 Å². The number of para-hydroxylation sites is 2. The monoisotopic (exact) mass is 220 g/mol. The molecule has 0 heterocycles. The van der Waals surface area contributed by atoms with Crippen LogP contribution in [0.3, 0.4) is 0 Å². The Hall–Kier alpha value is -1.84. The van der Waals surface area contributed by atoms with Crippen molar-refractivity contribution in [3.63, 3.8) is 0 Å². The van der Waals surface area contributed by atoms with E-state index in [0.717, 1.165) is 11.4 Å². The predicted molar refractivity (Wildman–Crippen MR) is 66.0 cm³/mol. The molecule has 1 rings (SSSR count). The molecule has 0 aliphatic heterocycles. The Kier molecular flexibility index (Phi) is 5.70. The number of nitrogens with zero attached hydrogens (tertiary/aromatic N) is 2.